The number of esters is 1. The minimum Gasteiger partial charge on any atom is -0.481 e. The molecule has 0 aliphatic carbocycles. The van der Waals surface area contributed by atoms with Gasteiger partial charge in [0.1, 0.15) is 18.3 Å². The van der Waals surface area contributed by atoms with Gasteiger partial charge < -0.3 is 45.6 Å². The first-order valence-electron chi connectivity index (χ1n) is 6.61. The molecule has 0 bridgehead atoms. The summed E-state index contributed by atoms with van der Waals surface area (Å²) in [6.45, 7) is -1.06. The molecule has 8 N–H and O–H groups in total. The molecule has 4 atom stereocenters. The lowest BCUT2D eigenvalue weighted by Crippen LogP contribution is -2.53. The Labute approximate surface area is 139 Å². The molecular formula is C12H18O13. The third kappa shape index (κ3) is 6.24. The molecule has 0 rings (SSSR count). The van der Waals surface area contributed by atoms with Crippen LogP contribution in [0.15, 0.2) is 0 Å². The molecular weight excluding hydrogens is 352 g/mol. The third-order valence-corrected chi connectivity index (χ3v) is 3.06. The van der Waals surface area contributed by atoms with Gasteiger partial charge in [0.05, 0.1) is 19.4 Å². The van der Waals surface area contributed by atoms with Gasteiger partial charge >= 0.3 is 23.9 Å². The standard InChI is InChI=1S/C12H18O13/c13-3-4(14)7(19)8(20)9(21)10(22)25-12(11(23)24,1-5(15)16)2-6(17)18/h4,7-9,13-14,19-21H,1-3H2,(H,15,16)(H,17,18)(H,23,24)/t4-,7-,8+,9-/m1/s1. The summed E-state index contributed by atoms with van der Waals surface area (Å²) in [5.74, 6) is -7.76. The van der Waals surface area contributed by atoms with Crippen molar-refractivity contribution in [3.63, 3.8) is 0 Å². The minimum absolute atomic E-state index is 1.06. The molecule has 25 heavy (non-hydrogen) atoms. The highest BCUT2D eigenvalue weighted by Crippen LogP contribution is 2.24. The number of carboxylic acid groups (broad SMARTS) is 3. The number of aliphatic hydroxyl groups excluding tert-OH is 5. The lowest BCUT2D eigenvalue weighted by Gasteiger charge is -2.29. The number of rotatable bonds is 11. The fourth-order valence-electron chi connectivity index (χ4n) is 1.73. The number of aliphatic hydroxyl groups is 5. The van der Waals surface area contributed by atoms with Crippen molar-refractivity contribution >= 4 is 23.9 Å². The van der Waals surface area contributed by atoms with Gasteiger partial charge in [-0.3, -0.25) is 9.59 Å². The van der Waals surface area contributed by atoms with E-state index in [1.807, 2.05) is 0 Å². The summed E-state index contributed by atoms with van der Waals surface area (Å²) in [7, 11) is 0. The first-order chi connectivity index (χ1) is 11.4. The molecule has 0 saturated heterocycles. The van der Waals surface area contributed by atoms with Crippen molar-refractivity contribution in [2.45, 2.75) is 42.9 Å². The minimum atomic E-state index is -3.09. The fourth-order valence-corrected chi connectivity index (χ4v) is 1.73. The predicted octanol–water partition coefficient (Wildman–Crippen LogP) is -4.26. The van der Waals surface area contributed by atoms with Crippen LogP contribution in [0.3, 0.4) is 0 Å². The van der Waals surface area contributed by atoms with Gasteiger partial charge in [0.15, 0.2) is 6.10 Å². The average molecular weight is 370 g/mol. The summed E-state index contributed by atoms with van der Waals surface area (Å²) >= 11 is 0. The number of hydrogen-bond donors (Lipinski definition) is 8. The second-order valence-corrected chi connectivity index (χ2v) is 5.04. The van der Waals surface area contributed by atoms with Gasteiger partial charge in [-0.25, -0.2) is 9.59 Å². The van der Waals surface area contributed by atoms with Crippen LogP contribution in [0.2, 0.25) is 0 Å². The summed E-state index contributed by atoms with van der Waals surface area (Å²) in [6, 6.07) is 0. The van der Waals surface area contributed by atoms with Gasteiger partial charge in [0.2, 0.25) is 5.60 Å². The van der Waals surface area contributed by atoms with E-state index in [0.29, 0.717) is 0 Å². The van der Waals surface area contributed by atoms with Crippen LogP contribution < -0.4 is 0 Å². The van der Waals surface area contributed by atoms with Crippen molar-refractivity contribution < 1.29 is 64.8 Å². The maximum absolute atomic E-state index is 11.7. The van der Waals surface area contributed by atoms with Crippen LogP contribution in [0.5, 0.6) is 0 Å². The maximum Gasteiger partial charge on any atom is 0.349 e. The Morgan fingerprint density at radius 1 is 0.840 bits per heavy atom. The van der Waals surface area contributed by atoms with Gasteiger partial charge in [-0.05, 0) is 0 Å². The van der Waals surface area contributed by atoms with Crippen LogP contribution in [-0.2, 0) is 23.9 Å². The zero-order valence-corrected chi connectivity index (χ0v) is 12.5. The Bertz CT molecular complexity index is 499. The zero-order valence-electron chi connectivity index (χ0n) is 12.5. The second kappa shape index (κ2) is 9.24. The molecule has 0 aromatic carbocycles. The van der Waals surface area contributed by atoms with E-state index in [0.717, 1.165) is 0 Å². The van der Waals surface area contributed by atoms with Gasteiger partial charge in [-0.15, -0.1) is 0 Å². The Hall–Kier alpha value is -2.32. The molecule has 0 aromatic rings. The monoisotopic (exact) mass is 370 g/mol. The van der Waals surface area contributed by atoms with Crippen LogP contribution in [0.4, 0.5) is 0 Å². The molecule has 144 valence electrons. The summed E-state index contributed by atoms with van der Waals surface area (Å²) < 4.78 is 4.30. The quantitative estimate of drug-likeness (QED) is 0.161. The fraction of sp³-hybridized carbons (Fsp3) is 0.667. The molecule has 0 spiro atoms. The summed E-state index contributed by atoms with van der Waals surface area (Å²) in [5, 5.41) is 72.6. The van der Waals surface area contributed by atoms with E-state index >= 15 is 0 Å². The van der Waals surface area contributed by atoms with Crippen molar-refractivity contribution in [3.05, 3.63) is 0 Å². The SMILES string of the molecule is O=C(O)CC(CC(=O)O)(OC(=O)[C@H](O)[C@@H](O)[C@H](O)[C@H](O)CO)C(=O)O. The van der Waals surface area contributed by atoms with Crippen molar-refractivity contribution in [2.24, 2.45) is 0 Å². The summed E-state index contributed by atoms with van der Waals surface area (Å²) in [4.78, 5) is 44.5. The van der Waals surface area contributed by atoms with E-state index in [1.54, 1.807) is 0 Å². The summed E-state index contributed by atoms with van der Waals surface area (Å²) in [6.07, 6.45) is -12.3. The van der Waals surface area contributed by atoms with E-state index in [4.69, 9.17) is 25.5 Å². The first-order valence-corrected chi connectivity index (χ1v) is 6.61. The lowest BCUT2D eigenvalue weighted by molar-refractivity contribution is -0.198. The average Bonchev–Trinajstić information content (AvgIpc) is 2.50. The lowest BCUT2D eigenvalue weighted by atomic mass is 9.94. The Kier molecular flexibility index (Phi) is 8.38. The Morgan fingerprint density at radius 2 is 1.28 bits per heavy atom. The molecule has 0 aliphatic heterocycles. The molecule has 0 amide bonds. The number of aliphatic carboxylic acids is 3. The highest BCUT2D eigenvalue weighted by Gasteiger charge is 2.49. The second-order valence-electron chi connectivity index (χ2n) is 5.04. The Balaban J connectivity index is 5.46. The molecule has 0 aromatic heterocycles. The van der Waals surface area contributed by atoms with Crippen LogP contribution >= 0.6 is 0 Å². The maximum atomic E-state index is 11.7. The van der Waals surface area contributed by atoms with Crippen molar-refractivity contribution in [3.8, 4) is 0 Å². The third-order valence-electron chi connectivity index (χ3n) is 3.06. The van der Waals surface area contributed by atoms with Gasteiger partial charge in [0.25, 0.3) is 0 Å². The Morgan fingerprint density at radius 3 is 1.60 bits per heavy atom. The predicted molar refractivity (Wildman–Crippen MR) is 72.1 cm³/mol. The largest absolute Gasteiger partial charge is 0.481 e. The van der Waals surface area contributed by atoms with Crippen molar-refractivity contribution in [1.29, 1.82) is 0 Å². The van der Waals surface area contributed by atoms with E-state index in [2.05, 4.69) is 4.74 Å². The number of ether oxygens (including phenoxy) is 1. The van der Waals surface area contributed by atoms with Gasteiger partial charge in [-0.2, -0.15) is 0 Å². The molecule has 0 aliphatic rings. The van der Waals surface area contributed by atoms with Crippen LogP contribution in [-0.4, -0.2) is 101 Å². The number of carbonyl (C=O) groups excluding carboxylic acids is 1. The molecule has 0 unspecified atom stereocenters. The van der Waals surface area contributed by atoms with Crippen LogP contribution in [0, 0.1) is 0 Å². The van der Waals surface area contributed by atoms with E-state index in [1.165, 1.54) is 0 Å². The molecule has 13 nitrogen and oxygen atoms in total. The van der Waals surface area contributed by atoms with Gasteiger partial charge in [-0.1, -0.05) is 0 Å². The highest BCUT2D eigenvalue weighted by atomic mass is 16.6. The van der Waals surface area contributed by atoms with E-state index in [9.17, 15) is 34.5 Å². The number of hydrogen-bond acceptors (Lipinski definition) is 10. The number of carbonyl (C=O) groups is 4. The van der Waals surface area contributed by atoms with Gasteiger partial charge in [0, 0.05) is 0 Å². The topological polar surface area (TPSA) is 239 Å². The summed E-state index contributed by atoms with van der Waals surface area (Å²) in [5.41, 5.74) is -3.09. The number of carboxylic acids is 3. The molecule has 0 heterocycles. The molecule has 0 fully saturated rings. The van der Waals surface area contributed by atoms with E-state index in [-0.39, 0.29) is 0 Å². The normalized spacial score (nSPS) is 16.4. The molecule has 13 heteroatoms. The molecule has 0 radical (unpaired) electrons. The highest BCUT2D eigenvalue weighted by molar-refractivity contribution is 5.91. The smallest absolute Gasteiger partial charge is 0.349 e. The zero-order chi connectivity index (χ0) is 19.9. The van der Waals surface area contributed by atoms with Crippen molar-refractivity contribution in [1.82, 2.24) is 0 Å². The first kappa shape index (κ1) is 22.7. The molecule has 0 saturated carbocycles. The van der Waals surface area contributed by atoms with Crippen molar-refractivity contribution in [2.75, 3.05) is 6.61 Å². The van der Waals surface area contributed by atoms with Crippen LogP contribution in [0.1, 0.15) is 12.8 Å². The van der Waals surface area contributed by atoms with E-state index < -0.39 is 73.3 Å². The van der Waals surface area contributed by atoms with Crippen LogP contribution in [0.25, 0.3) is 0 Å².